The zero-order valence-electron chi connectivity index (χ0n) is 19.3. The number of nitrogens with zero attached hydrogens (tertiary/aromatic N) is 2. The van der Waals surface area contributed by atoms with Crippen LogP contribution in [-0.2, 0) is 26.1 Å². The number of halogens is 1. The number of fused-ring (bicyclic) bond motifs is 1. The Balaban J connectivity index is 1.58. The van der Waals surface area contributed by atoms with Crippen molar-refractivity contribution < 1.29 is 18.7 Å². The molecule has 0 radical (unpaired) electrons. The Hall–Kier alpha value is -3.65. The number of benzene rings is 2. The number of carbonyl (C=O) groups is 1. The van der Waals surface area contributed by atoms with Crippen LogP contribution in [0.5, 0.6) is 11.5 Å². The van der Waals surface area contributed by atoms with Gasteiger partial charge in [-0.2, -0.15) is 0 Å². The molecule has 34 heavy (non-hydrogen) atoms. The molecule has 7 nitrogen and oxygen atoms in total. The van der Waals surface area contributed by atoms with Gasteiger partial charge in [0.15, 0.2) is 0 Å². The number of aromatic nitrogens is 1. The van der Waals surface area contributed by atoms with E-state index in [1.54, 1.807) is 23.8 Å². The monoisotopic (exact) mass is 465 g/mol. The molecule has 0 fully saturated rings. The van der Waals surface area contributed by atoms with Gasteiger partial charge in [0, 0.05) is 62.0 Å². The SMILES string of the molecule is COc1ccccc1CNC(=O)c1c(OC)cc(=O)n2c1CCN(Cc1ccccc1F)CC2. The lowest BCUT2D eigenvalue weighted by Crippen LogP contribution is -2.31. The Morgan fingerprint density at radius 3 is 2.41 bits per heavy atom. The average Bonchev–Trinajstić information content (AvgIpc) is 3.07. The number of pyridine rings is 1. The third kappa shape index (κ3) is 4.97. The highest BCUT2D eigenvalue weighted by Crippen LogP contribution is 2.24. The molecule has 2 aromatic carbocycles. The summed E-state index contributed by atoms with van der Waals surface area (Å²) in [7, 11) is 3.03. The summed E-state index contributed by atoms with van der Waals surface area (Å²) in [5.41, 5.74) is 2.20. The highest BCUT2D eigenvalue weighted by atomic mass is 19.1. The summed E-state index contributed by atoms with van der Waals surface area (Å²) in [6, 6.07) is 15.5. The van der Waals surface area contributed by atoms with Gasteiger partial charge in [0.2, 0.25) is 0 Å². The lowest BCUT2D eigenvalue weighted by Gasteiger charge is -2.19. The molecule has 0 saturated carbocycles. The predicted molar refractivity (Wildman–Crippen MR) is 127 cm³/mol. The minimum atomic E-state index is -0.325. The van der Waals surface area contributed by atoms with Crippen molar-refractivity contribution in [3.63, 3.8) is 0 Å². The second-order valence-corrected chi connectivity index (χ2v) is 8.14. The van der Waals surface area contributed by atoms with Crippen molar-refractivity contribution >= 4 is 5.91 Å². The third-order valence-electron chi connectivity index (χ3n) is 6.12. The molecule has 2 heterocycles. The van der Waals surface area contributed by atoms with Crippen LogP contribution in [0, 0.1) is 5.82 Å². The van der Waals surface area contributed by atoms with Crippen molar-refractivity contribution in [1.29, 1.82) is 0 Å². The summed E-state index contributed by atoms with van der Waals surface area (Å²) < 4.78 is 26.6. The van der Waals surface area contributed by atoms with E-state index in [1.807, 2.05) is 30.3 Å². The van der Waals surface area contributed by atoms with Gasteiger partial charge in [-0.25, -0.2) is 4.39 Å². The summed E-state index contributed by atoms with van der Waals surface area (Å²) in [4.78, 5) is 28.2. The zero-order chi connectivity index (χ0) is 24.1. The van der Waals surface area contributed by atoms with Crippen LogP contribution >= 0.6 is 0 Å². The van der Waals surface area contributed by atoms with Crippen LogP contribution in [0.4, 0.5) is 4.39 Å². The molecule has 1 aliphatic heterocycles. The summed E-state index contributed by atoms with van der Waals surface area (Å²) >= 11 is 0. The van der Waals surface area contributed by atoms with Crippen LogP contribution in [0.25, 0.3) is 0 Å². The first-order chi connectivity index (χ1) is 16.5. The highest BCUT2D eigenvalue weighted by Gasteiger charge is 2.25. The maximum absolute atomic E-state index is 14.2. The Morgan fingerprint density at radius 1 is 0.971 bits per heavy atom. The average molecular weight is 466 g/mol. The van der Waals surface area contributed by atoms with E-state index in [-0.39, 0.29) is 29.6 Å². The van der Waals surface area contributed by atoms with Crippen molar-refractivity contribution in [2.24, 2.45) is 0 Å². The van der Waals surface area contributed by atoms with Crippen molar-refractivity contribution in [1.82, 2.24) is 14.8 Å². The maximum atomic E-state index is 14.2. The van der Waals surface area contributed by atoms with Crippen LogP contribution < -0.4 is 20.3 Å². The molecule has 4 rings (SSSR count). The number of hydrogen-bond donors (Lipinski definition) is 1. The van der Waals surface area contributed by atoms with Crippen LogP contribution in [0.1, 0.15) is 27.2 Å². The number of carbonyl (C=O) groups excluding carboxylic acids is 1. The van der Waals surface area contributed by atoms with E-state index >= 15 is 0 Å². The Bertz CT molecular complexity index is 1240. The normalized spacial score (nSPS) is 13.6. The molecule has 0 bridgehead atoms. The minimum Gasteiger partial charge on any atom is -0.496 e. The molecule has 0 unspecified atom stereocenters. The lowest BCUT2D eigenvalue weighted by atomic mass is 10.1. The van der Waals surface area contributed by atoms with Crippen LogP contribution in [0.2, 0.25) is 0 Å². The second-order valence-electron chi connectivity index (χ2n) is 8.14. The molecule has 0 aliphatic carbocycles. The molecule has 1 N–H and O–H groups in total. The molecule has 0 saturated heterocycles. The summed E-state index contributed by atoms with van der Waals surface area (Å²) in [6.45, 7) is 2.24. The van der Waals surface area contributed by atoms with E-state index in [2.05, 4.69) is 10.2 Å². The van der Waals surface area contributed by atoms with Gasteiger partial charge in [0.1, 0.15) is 22.9 Å². The Kier molecular flexibility index (Phi) is 7.27. The van der Waals surface area contributed by atoms with E-state index in [4.69, 9.17) is 9.47 Å². The van der Waals surface area contributed by atoms with Gasteiger partial charge in [0.05, 0.1) is 14.2 Å². The first-order valence-electron chi connectivity index (χ1n) is 11.2. The van der Waals surface area contributed by atoms with Crippen molar-refractivity contribution in [2.75, 3.05) is 27.3 Å². The topological polar surface area (TPSA) is 72.8 Å². The van der Waals surface area contributed by atoms with Gasteiger partial charge < -0.3 is 19.4 Å². The van der Waals surface area contributed by atoms with Gasteiger partial charge in [-0.1, -0.05) is 36.4 Å². The van der Waals surface area contributed by atoms with E-state index in [0.717, 1.165) is 5.56 Å². The highest BCUT2D eigenvalue weighted by molar-refractivity contribution is 5.98. The number of para-hydroxylation sites is 1. The van der Waals surface area contributed by atoms with Crippen molar-refractivity contribution in [2.45, 2.75) is 26.1 Å². The molecule has 1 aliphatic rings. The molecular formula is C26H28FN3O4. The molecule has 3 aromatic rings. The number of nitrogens with one attached hydrogen (secondary N) is 1. The number of rotatable bonds is 7. The molecule has 1 aromatic heterocycles. The Labute approximate surface area is 197 Å². The van der Waals surface area contributed by atoms with Gasteiger partial charge in [-0.05, 0) is 12.1 Å². The summed E-state index contributed by atoms with van der Waals surface area (Å²) in [5.74, 6) is 0.353. The number of hydrogen-bond acceptors (Lipinski definition) is 5. The van der Waals surface area contributed by atoms with Crippen molar-refractivity contribution in [3.05, 3.63) is 93.2 Å². The molecule has 8 heteroatoms. The molecule has 0 atom stereocenters. The maximum Gasteiger partial charge on any atom is 0.257 e. The predicted octanol–water partition coefficient (Wildman–Crippen LogP) is 2.99. The van der Waals surface area contributed by atoms with Crippen LogP contribution in [-0.4, -0.2) is 42.7 Å². The number of ether oxygens (including phenoxy) is 2. The van der Waals surface area contributed by atoms with E-state index in [0.29, 0.717) is 55.2 Å². The van der Waals surface area contributed by atoms with E-state index < -0.39 is 0 Å². The van der Waals surface area contributed by atoms with Crippen LogP contribution in [0.3, 0.4) is 0 Å². The summed E-state index contributed by atoms with van der Waals surface area (Å²) in [6.07, 6.45) is 0.457. The Morgan fingerprint density at radius 2 is 1.68 bits per heavy atom. The van der Waals surface area contributed by atoms with E-state index in [9.17, 15) is 14.0 Å². The van der Waals surface area contributed by atoms with Crippen LogP contribution in [0.15, 0.2) is 59.4 Å². The fourth-order valence-electron chi connectivity index (χ4n) is 4.34. The van der Waals surface area contributed by atoms with Gasteiger partial charge in [0.25, 0.3) is 11.5 Å². The summed E-state index contributed by atoms with van der Waals surface area (Å²) in [5, 5.41) is 2.94. The third-order valence-corrected chi connectivity index (χ3v) is 6.12. The number of methoxy groups -OCH3 is 2. The smallest absolute Gasteiger partial charge is 0.257 e. The molecule has 178 valence electrons. The van der Waals surface area contributed by atoms with Gasteiger partial charge in [-0.15, -0.1) is 0 Å². The van der Waals surface area contributed by atoms with Crippen molar-refractivity contribution in [3.8, 4) is 11.5 Å². The second kappa shape index (κ2) is 10.5. The van der Waals surface area contributed by atoms with E-state index in [1.165, 1.54) is 19.2 Å². The van der Waals surface area contributed by atoms with Gasteiger partial charge >= 0.3 is 0 Å². The number of amides is 1. The first kappa shape index (κ1) is 23.5. The minimum absolute atomic E-state index is 0.221. The largest absolute Gasteiger partial charge is 0.496 e. The zero-order valence-corrected chi connectivity index (χ0v) is 19.3. The first-order valence-corrected chi connectivity index (χ1v) is 11.2. The quantitative estimate of drug-likeness (QED) is 0.581. The standard InChI is InChI=1S/C26H28FN3O4/c1-33-22-10-6-4-7-18(22)16-28-26(32)25-21-11-12-29(17-19-8-3-5-9-20(19)27)13-14-30(21)24(31)15-23(25)34-2/h3-10,15H,11-14,16-17H2,1-2H3,(H,28,32). The fourth-order valence-corrected chi connectivity index (χ4v) is 4.34. The molecule has 0 spiro atoms. The lowest BCUT2D eigenvalue weighted by molar-refractivity contribution is 0.0945. The fraction of sp³-hybridized carbons (Fsp3) is 0.308. The molecule has 1 amide bonds. The van der Waals surface area contributed by atoms with Gasteiger partial charge in [-0.3, -0.25) is 14.5 Å². The molecular weight excluding hydrogens is 437 g/mol.